The average Bonchev–Trinajstić information content (AvgIpc) is 3.03. The molecule has 116 valence electrons. The van der Waals surface area contributed by atoms with Gasteiger partial charge in [-0.1, -0.05) is 0 Å². The first-order chi connectivity index (χ1) is 11.1. The third-order valence-corrected chi connectivity index (χ3v) is 2.97. The first-order valence-electron chi connectivity index (χ1n) is 6.57. The molecule has 2 aromatic carbocycles. The summed E-state index contributed by atoms with van der Waals surface area (Å²) in [6.45, 7) is 0.0198. The highest BCUT2D eigenvalue weighted by Crippen LogP contribution is 2.20. The van der Waals surface area contributed by atoms with Gasteiger partial charge in [0.05, 0.1) is 4.92 Å². The highest BCUT2D eigenvalue weighted by Gasteiger charge is 2.10. The fourth-order valence-electron chi connectivity index (χ4n) is 1.83. The van der Waals surface area contributed by atoms with Crippen LogP contribution in [0.25, 0.3) is 11.5 Å². The van der Waals surface area contributed by atoms with Gasteiger partial charge in [0.2, 0.25) is 5.89 Å². The summed E-state index contributed by atoms with van der Waals surface area (Å²) in [6.07, 6.45) is 0. The lowest BCUT2D eigenvalue weighted by Gasteiger charge is -2.02. The van der Waals surface area contributed by atoms with Crippen molar-refractivity contribution in [2.75, 3.05) is 0 Å². The number of nitrogens with zero attached hydrogens (tertiary/aromatic N) is 3. The second-order valence-corrected chi connectivity index (χ2v) is 4.55. The second-order valence-electron chi connectivity index (χ2n) is 4.55. The Labute approximate surface area is 129 Å². The number of hydrogen-bond donors (Lipinski definition) is 0. The Balaban J connectivity index is 1.65. The molecule has 0 N–H and O–H groups in total. The van der Waals surface area contributed by atoms with Crippen molar-refractivity contribution in [3.05, 3.63) is 70.4 Å². The number of nitro groups is 1. The summed E-state index contributed by atoms with van der Waals surface area (Å²) in [6, 6.07) is 11.3. The molecule has 0 aliphatic rings. The molecule has 0 amide bonds. The molecule has 0 bridgehead atoms. The molecule has 0 spiro atoms. The molecule has 8 heteroatoms. The van der Waals surface area contributed by atoms with E-state index in [9.17, 15) is 14.5 Å². The minimum Gasteiger partial charge on any atom is -0.484 e. The molecule has 0 aliphatic carbocycles. The highest BCUT2D eigenvalue weighted by atomic mass is 19.1. The Morgan fingerprint density at radius 1 is 1.09 bits per heavy atom. The third kappa shape index (κ3) is 3.49. The number of ether oxygens (including phenoxy) is 1. The Kier molecular flexibility index (Phi) is 3.96. The number of hydrogen-bond acceptors (Lipinski definition) is 6. The maximum Gasteiger partial charge on any atom is 0.269 e. The number of nitro benzene ring substituents is 1. The van der Waals surface area contributed by atoms with E-state index in [1.807, 2.05) is 0 Å². The van der Waals surface area contributed by atoms with Crippen LogP contribution in [0.1, 0.15) is 5.89 Å². The van der Waals surface area contributed by atoms with E-state index in [0.717, 1.165) is 0 Å². The number of non-ortho nitro benzene ring substituents is 1. The molecule has 0 saturated carbocycles. The molecule has 23 heavy (non-hydrogen) atoms. The summed E-state index contributed by atoms with van der Waals surface area (Å²) in [5.74, 6) is 0.585. The van der Waals surface area contributed by atoms with E-state index in [1.54, 1.807) is 0 Å². The summed E-state index contributed by atoms with van der Waals surface area (Å²) in [5, 5.41) is 18.2. The van der Waals surface area contributed by atoms with Gasteiger partial charge in [-0.05, 0) is 36.4 Å². The van der Waals surface area contributed by atoms with Gasteiger partial charge in [0.25, 0.3) is 11.6 Å². The quantitative estimate of drug-likeness (QED) is 0.529. The van der Waals surface area contributed by atoms with Gasteiger partial charge in [0, 0.05) is 17.7 Å². The smallest absolute Gasteiger partial charge is 0.269 e. The summed E-state index contributed by atoms with van der Waals surface area (Å²) >= 11 is 0. The van der Waals surface area contributed by atoms with Crippen molar-refractivity contribution in [2.24, 2.45) is 0 Å². The fraction of sp³-hybridized carbons (Fsp3) is 0.0667. The van der Waals surface area contributed by atoms with Crippen molar-refractivity contribution in [2.45, 2.75) is 6.61 Å². The van der Waals surface area contributed by atoms with E-state index >= 15 is 0 Å². The number of halogens is 1. The first-order valence-corrected chi connectivity index (χ1v) is 6.57. The maximum atomic E-state index is 12.9. The largest absolute Gasteiger partial charge is 0.484 e. The van der Waals surface area contributed by atoms with E-state index in [-0.39, 0.29) is 29.9 Å². The molecule has 3 rings (SSSR count). The predicted molar refractivity (Wildman–Crippen MR) is 77.1 cm³/mol. The van der Waals surface area contributed by atoms with Gasteiger partial charge in [-0.3, -0.25) is 10.1 Å². The van der Waals surface area contributed by atoms with E-state index < -0.39 is 4.92 Å². The minimum absolute atomic E-state index is 0.0197. The Morgan fingerprint density at radius 2 is 1.78 bits per heavy atom. The zero-order valence-corrected chi connectivity index (χ0v) is 11.7. The zero-order valence-electron chi connectivity index (χ0n) is 11.7. The molecule has 1 aromatic heterocycles. The van der Waals surface area contributed by atoms with Crippen LogP contribution < -0.4 is 4.74 Å². The molecule has 0 radical (unpaired) electrons. The predicted octanol–water partition coefficient (Wildman–Crippen LogP) is 3.36. The lowest BCUT2D eigenvalue weighted by molar-refractivity contribution is -0.384. The lowest BCUT2D eigenvalue weighted by Crippen LogP contribution is -1.96. The van der Waals surface area contributed by atoms with Crippen LogP contribution in [0.3, 0.4) is 0 Å². The molecule has 0 unspecified atom stereocenters. The molecule has 0 atom stereocenters. The van der Waals surface area contributed by atoms with E-state index in [4.69, 9.17) is 9.15 Å². The Bertz CT molecular complexity index is 815. The highest BCUT2D eigenvalue weighted by molar-refractivity contribution is 5.51. The van der Waals surface area contributed by atoms with Gasteiger partial charge < -0.3 is 9.15 Å². The van der Waals surface area contributed by atoms with Crippen LogP contribution in [-0.2, 0) is 6.61 Å². The number of benzene rings is 2. The van der Waals surface area contributed by atoms with Gasteiger partial charge in [0.1, 0.15) is 11.6 Å². The molecule has 3 aromatic rings. The molecule has 0 fully saturated rings. The number of aromatic nitrogens is 2. The number of rotatable bonds is 5. The lowest BCUT2D eigenvalue weighted by atomic mass is 10.2. The van der Waals surface area contributed by atoms with Gasteiger partial charge >= 0.3 is 0 Å². The summed E-state index contributed by atoms with van der Waals surface area (Å²) in [4.78, 5) is 10.1. The van der Waals surface area contributed by atoms with Crippen LogP contribution in [0.5, 0.6) is 5.75 Å². The van der Waals surface area contributed by atoms with E-state index in [0.29, 0.717) is 11.3 Å². The van der Waals surface area contributed by atoms with Crippen molar-refractivity contribution < 1.29 is 18.5 Å². The summed E-state index contributed by atoms with van der Waals surface area (Å²) in [7, 11) is 0. The van der Waals surface area contributed by atoms with Crippen molar-refractivity contribution in [1.29, 1.82) is 0 Å². The van der Waals surface area contributed by atoms with Crippen molar-refractivity contribution in [3.63, 3.8) is 0 Å². The van der Waals surface area contributed by atoms with Crippen molar-refractivity contribution in [3.8, 4) is 17.2 Å². The normalized spacial score (nSPS) is 10.5. The van der Waals surface area contributed by atoms with Crippen LogP contribution in [0.4, 0.5) is 10.1 Å². The molecule has 7 nitrogen and oxygen atoms in total. The molecule has 0 saturated heterocycles. The van der Waals surface area contributed by atoms with Crippen LogP contribution in [0, 0.1) is 15.9 Å². The third-order valence-electron chi connectivity index (χ3n) is 2.97. The molecule has 1 heterocycles. The second kappa shape index (κ2) is 6.22. The molecular weight excluding hydrogens is 305 g/mol. The Hall–Kier alpha value is -3.29. The topological polar surface area (TPSA) is 91.3 Å². The minimum atomic E-state index is -0.489. The van der Waals surface area contributed by atoms with Crippen LogP contribution in [0.15, 0.2) is 52.9 Å². The maximum absolute atomic E-state index is 12.9. The summed E-state index contributed by atoms with van der Waals surface area (Å²) < 4.78 is 23.7. The average molecular weight is 315 g/mol. The van der Waals surface area contributed by atoms with Gasteiger partial charge in [-0.25, -0.2) is 4.39 Å². The van der Waals surface area contributed by atoms with E-state index in [1.165, 1.54) is 48.5 Å². The van der Waals surface area contributed by atoms with Crippen molar-refractivity contribution >= 4 is 5.69 Å². The zero-order chi connectivity index (χ0) is 16.2. The van der Waals surface area contributed by atoms with Crippen molar-refractivity contribution in [1.82, 2.24) is 10.2 Å². The fourth-order valence-corrected chi connectivity index (χ4v) is 1.83. The van der Waals surface area contributed by atoms with E-state index in [2.05, 4.69) is 10.2 Å². The molecule has 0 aliphatic heterocycles. The van der Waals surface area contributed by atoms with Gasteiger partial charge in [-0.15, -0.1) is 10.2 Å². The first kappa shape index (κ1) is 14.6. The van der Waals surface area contributed by atoms with Gasteiger partial charge in [-0.2, -0.15) is 0 Å². The van der Waals surface area contributed by atoms with Crippen LogP contribution >= 0.6 is 0 Å². The molecular formula is C15H10FN3O4. The standard InChI is InChI=1S/C15H10FN3O4/c16-11-3-1-10(2-4-11)15-18-17-14(23-15)9-22-13-7-5-12(6-8-13)19(20)21/h1-8H,9H2. The van der Waals surface area contributed by atoms with Crippen LogP contribution in [-0.4, -0.2) is 15.1 Å². The summed E-state index contributed by atoms with van der Waals surface area (Å²) in [5.41, 5.74) is 0.578. The van der Waals surface area contributed by atoms with Gasteiger partial charge in [0.15, 0.2) is 6.61 Å². The Morgan fingerprint density at radius 3 is 2.43 bits per heavy atom. The SMILES string of the molecule is O=[N+]([O-])c1ccc(OCc2nnc(-c3ccc(F)cc3)o2)cc1. The van der Waals surface area contributed by atoms with Crippen LogP contribution in [0.2, 0.25) is 0 Å². The monoisotopic (exact) mass is 315 g/mol.